The van der Waals surface area contributed by atoms with Crippen molar-refractivity contribution in [3.05, 3.63) is 0 Å². The van der Waals surface area contributed by atoms with Crippen molar-refractivity contribution < 1.29 is 8.42 Å². The SMILES string of the molecule is CC(C)(C)C1CCC(S(C)(=O)=O)CCC1C(C)(C)C. The van der Waals surface area contributed by atoms with Crippen LogP contribution in [0.5, 0.6) is 0 Å². The van der Waals surface area contributed by atoms with Crippen LogP contribution in [0.3, 0.4) is 0 Å². The van der Waals surface area contributed by atoms with Crippen molar-refractivity contribution in [3.63, 3.8) is 0 Å². The van der Waals surface area contributed by atoms with Crippen LogP contribution in [0.2, 0.25) is 0 Å². The molecule has 1 rings (SSSR count). The summed E-state index contributed by atoms with van der Waals surface area (Å²) < 4.78 is 23.7. The molecule has 0 heterocycles. The summed E-state index contributed by atoms with van der Waals surface area (Å²) in [6.07, 6.45) is 5.17. The summed E-state index contributed by atoms with van der Waals surface area (Å²) in [5.41, 5.74) is 0.509. The van der Waals surface area contributed by atoms with E-state index in [1.54, 1.807) is 0 Å². The van der Waals surface area contributed by atoms with Crippen LogP contribution in [0.4, 0.5) is 0 Å². The van der Waals surface area contributed by atoms with Gasteiger partial charge in [0.05, 0.1) is 5.25 Å². The highest BCUT2D eigenvalue weighted by atomic mass is 32.2. The van der Waals surface area contributed by atoms with E-state index in [0.29, 0.717) is 11.8 Å². The van der Waals surface area contributed by atoms with Crippen LogP contribution < -0.4 is 0 Å². The summed E-state index contributed by atoms with van der Waals surface area (Å²) in [6.45, 7) is 13.8. The molecule has 1 fully saturated rings. The first-order chi connectivity index (χ1) is 8.33. The molecule has 0 aliphatic heterocycles. The van der Waals surface area contributed by atoms with Crippen LogP contribution in [-0.2, 0) is 9.84 Å². The summed E-state index contributed by atoms with van der Waals surface area (Å²) in [4.78, 5) is 0. The fourth-order valence-corrected chi connectivity index (χ4v) is 4.91. The molecule has 0 amide bonds. The van der Waals surface area contributed by atoms with Crippen LogP contribution in [-0.4, -0.2) is 19.9 Å². The molecule has 19 heavy (non-hydrogen) atoms. The van der Waals surface area contributed by atoms with Crippen molar-refractivity contribution in [3.8, 4) is 0 Å². The van der Waals surface area contributed by atoms with E-state index in [1.165, 1.54) is 6.26 Å². The van der Waals surface area contributed by atoms with Gasteiger partial charge in [-0.3, -0.25) is 0 Å². The second-order valence-electron chi connectivity index (χ2n) is 8.55. The minimum atomic E-state index is -2.89. The second-order valence-corrected chi connectivity index (χ2v) is 10.9. The molecule has 0 N–H and O–H groups in total. The van der Waals surface area contributed by atoms with E-state index in [-0.39, 0.29) is 16.1 Å². The van der Waals surface area contributed by atoms with Gasteiger partial charge in [0, 0.05) is 6.26 Å². The summed E-state index contributed by atoms with van der Waals surface area (Å²) >= 11 is 0. The van der Waals surface area contributed by atoms with Crippen molar-refractivity contribution in [2.24, 2.45) is 22.7 Å². The largest absolute Gasteiger partial charge is 0.229 e. The topological polar surface area (TPSA) is 34.1 Å². The molecule has 0 aromatic heterocycles. The Bertz CT molecular complexity index is 371. The fourth-order valence-electron chi connectivity index (χ4n) is 3.78. The fraction of sp³-hybridized carbons (Fsp3) is 1.00. The van der Waals surface area contributed by atoms with E-state index >= 15 is 0 Å². The highest BCUT2D eigenvalue weighted by Gasteiger charge is 2.41. The maximum atomic E-state index is 11.9. The highest BCUT2D eigenvalue weighted by Crippen LogP contribution is 2.48. The molecular formula is C16H32O2S. The van der Waals surface area contributed by atoms with Gasteiger partial charge in [-0.2, -0.15) is 0 Å². The minimum absolute atomic E-state index is 0.121. The Morgan fingerprint density at radius 2 is 1.05 bits per heavy atom. The zero-order valence-electron chi connectivity index (χ0n) is 13.8. The Morgan fingerprint density at radius 3 is 1.26 bits per heavy atom. The van der Waals surface area contributed by atoms with Gasteiger partial charge >= 0.3 is 0 Å². The van der Waals surface area contributed by atoms with Crippen LogP contribution in [0.25, 0.3) is 0 Å². The van der Waals surface area contributed by atoms with E-state index in [0.717, 1.165) is 25.7 Å². The standard InChI is InChI=1S/C16H32O2S/c1-15(2,3)13-10-8-12(19(7,17)18)9-11-14(13)16(4,5)6/h12-14H,8-11H2,1-7H3. The summed E-state index contributed by atoms with van der Waals surface area (Å²) in [7, 11) is -2.89. The third kappa shape index (κ3) is 4.47. The normalized spacial score (nSPS) is 31.0. The minimum Gasteiger partial charge on any atom is -0.229 e. The third-order valence-electron chi connectivity index (χ3n) is 4.92. The average Bonchev–Trinajstić information content (AvgIpc) is 2.35. The zero-order valence-corrected chi connectivity index (χ0v) is 14.6. The number of rotatable bonds is 1. The van der Waals surface area contributed by atoms with Crippen molar-refractivity contribution in [1.29, 1.82) is 0 Å². The summed E-state index contributed by atoms with van der Waals surface area (Å²) in [6, 6.07) is 0. The monoisotopic (exact) mass is 288 g/mol. The Hall–Kier alpha value is -0.0500. The number of hydrogen-bond donors (Lipinski definition) is 0. The molecule has 0 bridgehead atoms. The lowest BCUT2D eigenvalue weighted by Gasteiger charge is -2.43. The van der Waals surface area contributed by atoms with Crippen molar-refractivity contribution in [2.75, 3.05) is 6.26 Å². The molecule has 3 heteroatoms. The maximum absolute atomic E-state index is 11.9. The van der Waals surface area contributed by atoms with Gasteiger partial charge in [-0.1, -0.05) is 41.5 Å². The molecule has 0 spiro atoms. The van der Waals surface area contributed by atoms with Gasteiger partial charge in [0.15, 0.2) is 0 Å². The highest BCUT2D eigenvalue weighted by molar-refractivity contribution is 7.91. The molecule has 1 aliphatic carbocycles. The van der Waals surface area contributed by atoms with Gasteiger partial charge in [0.1, 0.15) is 9.84 Å². The lowest BCUT2D eigenvalue weighted by molar-refractivity contribution is 0.0646. The van der Waals surface area contributed by atoms with Crippen LogP contribution in [0.15, 0.2) is 0 Å². The second kappa shape index (κ2) is 5.38. The Labute approximate surface area is 120 Å². The molecular weight excluding hydrogens is 256 g/mol. The molecule has 0 aromatic rings. The third-order valence-corrected chi connectivity index (χ3v) is 6.60. The Kier molecular flexibility index (Phi) is 4.82. The predicted octanol–water partition coefficient (Wildman–Crippen LogP) is 4.30. The molecule has 0 saturated heterocycles. The smallest absolute Gasteiger partial charge is 0.150 e. The van der Waals surface area contributed by atoms with E-state index in [9.17, 15) is 8.42 Å². The first kappa shape index (κ1) is 17.0. The van der Waals surface area contributed by atoms with E-state index in [1.807, 2.05) is 0 Å². The molecule has 1 saturated carbocycles. The van der Waals surface area contributed by atoms with Gasteiger partial charge in [-0.25, -0.2) is 8.42 Å². The zero-order chi connectivity index (χ0) is 15.1. The molecule has 114 valence electrons. The van der Waals surface area contributed by atoms with Crippen molar-refractivity contribution >= 4 is 9.84 Å². The average molecular weight is 288 g/mol. The predicted molar refractivity (Wildman–Crippen MR) is 83.0 cm³/mol. The van der Waals surface area contributed by atoms with Gasteiger partial charge < -0.3 is 0 Å². The lowest BCUT2D eigenvalue weighted by Crippen LogP contribution is -2.35. The summed E-state index contributed by atoms with van der Waals surface area (Å²) in [5, 5.41) is -0.121. The Balaban J connectivity index is 3.03. The first-order valence-corrected chi connectivity index (χ1v) is 9.48. The van der Waals surface area contributed by atoms with Gasteiger partial charge in [-0.05, 0) is 48.3 Å². The number of hydrogen-bond acceptors (Lipinski definition) is 2. The first-order valence-electron chi connectivity index (χ1n) is 7.52. The molecule has 0 aromatic carbocycles. The van der Waals surface area contributed by atoms with Crippen LogP contribution in [0.1, 0.15) is 67.2 Å². The molecule has 0 radical (unpaired) electrons. The van der Waals surface area contributed by atoms with E-state index in [4.69, 9.17) is 0 Å². The van der Waals surface area contributed by atoms with E-state index < -0.39 is 9.84 Å². The maximum Gasteiger partial charge on any atom is 0.150 e. The number of sulfone groups is 1. The quantitative estimate of drug-likeness (QED) is 0.674. The Morgan fingerprint density at radius 1 is 0.737 bits per heavy atom. The molecule has 2 atom stereocenters. The molecule has 1 aliphatic rings. The van der Waals surface area contributed by atoms with Gasteiger partial charge in [0.2, 0.25) is 0 Å². The van der Waals surface area contributed by atoms with Crippen molar-refractivity contribution in [2.45, 2.75) is 72.5 Å². The van der Waals surface area contributed by atoms with E-state index in [2.05, 4.69) is 41.5 Å². The van der Waals surface area contributed by atoms with Crippen LogP contribution in [0, 0.1) is 22.7 Å². The van der Waals surface area contributed by atoms with Gasteiger partial charge in [-0.15, -0.1) is 0 Å². The van der Waals surface area contributed by atoms with Crippen LogP contribution >= 0.6 is 0 Å². The summed E-state index contributed by atoms with van der Waals surface area (Å²) in [5.74, 6) is 1.22. The van der Waals surface area contributed by atoms with Crippen molar-refractivity contribution in [1.82, 2.24) is 0 Å². The molecule has 2 nitrogen and oxygen atoms in total. The molecule has 2 unspecified atom stereocenters. The lowest BCUT2D eigenvalue weighted by atomic mass is 9.62. The van der Waals surface area contributed by atoms with Gasteiger partial charge in [0.25, 0.3) is 0 Å².